The summed E-state index contributed by atoms with van der Waals surface area (Å²) >= 11 is 0. The van der Waals surface area contributed by atoms with Crippen molar-refractivity contribution >= 4 is 16.7 Å². The number of aromatic hydroxyl groups is 1. The van der Waals surface area contributed by atoms with Crippen molar-refractivity contribution in [2.45, 2.75) is 6.92 Å². The fraction of sp³-hybridized carbons (Fsp3) is 0.0833. The van der Waals surface area contributed by atoms with Crippen molar-refractivity contribution in [2.75, 3.05) is 0 Å². The fourth-order valence-corrected chi connectivity index (χ4v) is 1.25. The molecule has 16 heavy (non-hydrogen) atoms. The van der Waals surface area contributed by atoms with E-state index in [1.165, 1.54) is 12.1 Å². The average molecular weight is 222 g/mol. The number of carboxylic acid groups (broad SMARTS) is 1. The number of fused-ring (bicyclic) bond motifs is 1. The molecule has 0 heterocycles. The first-order chi connectivity index (χ1) is 7.52. The molecule has 84 valence electrons. The number of benzene rings is 2. The molecule has 4 heteroatoms. The third kappa shape index (κ3) is 2.95. The molecule has 0 spiro atoms. The van der Waals surface area contributed by atoms with Gasteiger partial charge in [0.1, 0.15) is 11.6 Å². The minimum absolute atomic E-state index is 0.118. The van der Waals surface area contributed by atoms with Crippen molar-refractivity contribution in [2.24, 2.45) is 0 Å². The van der Waals surface area contributed by atoms with E-state index in [9.17, 15) is 9.50 Å². The monoisotopic (exact) mass is 222 g/mol. The molecule has 0 atom stereocenters. The lowest BCUT2D eigenvalue weighted by Gasteiger charge is -2.00. The van der Waals surface area contributed by atoms with Gasteiger partial charge in [0.25, 0.3) is 5.97 Å². The maximum atomic E-state index is 13.1. The van der Waals surface area contributed by atoms with Gasteiger partial charge in [0.2, 0.25) is 0 Å². The summed E-state index contributed by atoms with van der Waals surface area (Å²) in [5.41, 5.74) is 0. The van der Waals surface area contributed by atoms with E-state index in [0.29, 0.717) is 10.8 Å². The number of phenolic OH excluding ortho intramolecular Hbond substituents is 1. The number of aliphatic carboxylic acids is 1. The molecule has 0 aliphatic carbocycles. The average Bonchev–Trinajstić information content (AvgIpc) is 2.23. The molecule has 2 N–H and O–H groups in total. The summed E-state index contributed by atoms with van der Waals surface area (Å²) in [6.45, 7) is 1.08. The van der Waals surface area contributed by atoms with Crippen LogP contribution in [0.2, 0.25) is 0 Å². The van der Waals surface area contributed by atoms with Gasteiger partial charge in [-0.1, -0.05) is 24.3 Å². The third-order valence-electron chi connectivity index (χ3n) is 1.85. The molecular weight excluding hydrogens is 211 g/mol. The molecule has 0 saturated carbocycles. The van der Waals surface area contributed by atoms with E-state index in [4.69, 9.17) is 9.90 Å². The van der Waals surface area contributed by atoms with Crippen LogP contribution in [-0.4, -0.2) is 16.2 Å². The normalized spacial score (nSPS) is 9.38. The number of hydrogen-bond acceptors (Lipinski definition) is 2. The Morgan fingerprint density at radius 2 is 1.62 bits per heavy atom. The van der Waals surface area contributed by atoms with E-state index in [1.54, 1.807) is 24.3 Å². The highest BCUT2D eigenvalue weighted by Crippen LogP contribution is 2.25. The van der Waals surface area contributed by atoms with Crippen LogP contribution in [0.3, 0.4) is 0 Å². The van der Waals surface area contributed by atoms with Gasteiger partial charge in [0.05, 0.1) is 0 Å². The van der Waals surface area contributed by atoms with E-state index < -0.39 is 5.97 Å². The maximum absolute atomic E-state index is 13.1. The summed E-state index contributed by atoms with van der Waals surface area (Å²) in [7, 11) is 0. The highest BCUT2D eigenvalue weighted by atomic mass is 19.1. The van der Waals surface area contributed by atoms with Gasteiger partial charge in [-0.15, -0.1) is 0 Å². The second-order valence-corrected chi connectivity index (χ2v) is 3.13. The quantitative estimate of drug-likeness (QED) is 0.720. The SMILES string of the molecule is CC(=O)O.Oc1ccc(F)c2ccccc12. The van der Waals surface area contributed by atoms with Gasteiger partial charge in [-0.05, 0) is 12.1 Å². The van der Waals surface area contributed by atoms with Crippen molar-refractivity contribution in [3.05, 3.63) is 42.2 Å². The summed E-state index contributed by atoms with van der Waals surface area (Å²) in [5.74, 6) is -1.02. The molecular formula is C12H11FO3. The molecule has 2 aromatic carbocycles. The van der Waals surface area contributed by atoms with Gasteiger partial charge in [-0.3, -0.25) is 4.79 Å². The number of hydrogen-bond donors (Lipinski definition) is 2. The van der Waals surface area contributed by atoms with Crippen LogP contribution in [0.5, 0.6) is 5.75 Å². The molecule has 0 unspecified atom stereocenters. The van der Waals surface area contributed by atoms with Crippen LogP contribution in [-0.2, 0) is 4.79 Å². The summed E-state index contributed by atoms with van der Waals surface area (Å²) in [4.78, 5) is 9.00. The Kier molecular flexibility index (Phi) is 3.83. The van der Waals surface area contributed by atoms with Crippen molar-refractivity contribution in [3.63, 3.8) is 0 Å². The molecule has 0 aliphatic heterocycles. The predicted molar refractivity (Wildman–Crippen MR) is 58.9 cm³/mol. The number of halogens is 1. The Balaban J connectivity index is 0.000000280. The van der Waals surface area contributed by atoms with Gasteiger partial charge in [0, 0.05) is 17.7 Å². The summed E-state index contributed by atoms with van der Waals surface area (Å²) in [6, 6.07) is 9.46. The Morgan fingerprint density at radius 3 is 2.12 bits per heavy atom. The molecule has 0 aromatic heterocycles. The molecule has 2 rings (SSSR count). The molecule has 0 bridgehead atoms. The third-order valence-corrected chi connectivity index (χ3v) is 1.85. The first-order valence-corrected chi connectivity index (χ1v) is 4.58. The van der Waals surface area contributed by atoms with Gasteiger partial charge < -0.3 is 10.2 Å². The molecule has 2 aromatic rings. The van der Waals surface area contributed by atoms with Crippen LogP contribution in [0.4, 0.5) is 4.39 Å². The minimum Gasteiger partial charge on any atom is -0.507 e. The summed E-state index contributed by atoms with van der Waals surface area (Å²) < 4.78 is 13.1. The van der Waals surface area contributed by atoms with Crippen LogP contribution in [0.15, 0.2) is 36.4 Å². The van der Waals surface area contributed by atoms with Crippen LogP contribution >= 0.6 is 0 Å². The van der Waals surface area contributed by atoms with Crippen LogP contribution in [0, 0.1) is 5.82 Å². The molecule has 3 nitrogen and oxygen atoms in total. The van der Waals surface area contributed by atoms with E-state index in [0.717, 1.165) is 6.92 Å². The molecule has 0 radical (unpaired) electrons. The number of carbonyl (C=O) groups is 1. The standard InChI is InChI=1S/C10H7FO.C2H4O2/c11-9-5-6-10(12)8-4-2-1-3-7(8)9;1-2(3)4/h1-6,12H;1H3,(H,3,4). The molecule has 0 saturated heterocycles. The van der Waals surface area contributed by atoms with E-state index in [1.807, 2.05) is 0 Å². The van der Waals surface area contributed by atoms with Crippen molar-refractivity contribution in [3.8, 4) is 5.75 Å². The lowest BCUT2D eigenvalue weighted by atomic mass is 10.1. The fourth-order valence-electron chi connectivity index (χ4n) is 1.25. The Bertz CT molecular complexity index is 464. The zero-order valence-electron chi connectivity index (χ0n) is 8.64. The van der Waals surface area contributed by atoms with E-state index in [-0.39, 0.29) is 11.6 Å². The second-order valence-electron chi connectivity index (χ2n) is 3.13. The van der Waals surface area contributed by atoms with Gasteiger partial charge in [-0.25, -0.2) is 4.39 Å². The number of rotatable bonds is 0. The van der Waals surface area contributed by atoms with Gasteiger partial charge >= 0.3 is 0 Å². The highest BCUT2D eigenvalue weighted by molar-refractivity contribution is 5.88. The maximum Gasteiger partial charge on any atom is 0.300 e. The zero-order chi connectivity index (χ0) is 12.1. The van der Waals surface area contributed by atoms with Crippen LogP contribution in [0.25, 0.3) is 10.8 Å². The lowest BCUT2D eigenvalue weighted by molar-refractivity contribution is -0.134. The van der Waals surface area contributed by atoms with Gasteiger partial charge in [-0.2, -0.15) is 0 Å². The molecule has 0 aliphatic rings. The first kappa shape index (κ1) is 12.0. The molecule has 0 fully saturated rings. The second kappa shape index (κ2) is 5.11. The Hall–Kier alpha value is -2.10. The smallest absolute Gasteiger partial charge is 0.300 e. The Morgan fingerprint density at radius 1 is 1.12 bits per heavy atom. The van der Waals surface area contributed by atoms with Crippen molar-refractivity contribution < 1.29 is 19.4 Å². The predicted octanol–water partition coefficient (Wildman–Crippen LogP) is 2.78. The van der Waals surface area contributed by atoms with Gasteiger partial charge in [0.15, 0.2) is 0 Å². The highest BCUT2D eigenvalue weighted by Gasteiger charge is 2.02. The first-order valence-electron chi connectivity index (χ1n) is 4.58. The Labute approximate surface area is 91.8 Å². The minimum atomic E-state index is -0.833. The summed E-state index contributed by atoms with van der Waals surface area (Å²) in [5, 5.41) is 17.8. The van der Waals surface area contributed by atoms with E-state index in [2.05, 4.69) is 0 Å². The van der Waals surface area contributed by atoms with E-state index >= 15 is 0 Å². The van der Waals surface area contributed by atoms with Crippen LogP contribution < -0.4 is 0 Å². The topological polar surface area (TPSA) is 57.5 Å². The van der Waals surface area contributed by atoms with Crippen LogP contribution in [0.1, 0.15) is 6.92 Å². The number of phenols is 1. The summed E-state index contributed by atoms with van der Waals surface area (Å²) in [6.07, 6.45) is 0. The largest absolute Gasteiger partial charge is 0.507 e. The van der Waals surface area contributed by atoms with Crippen molar-refractivity contribution in [1.82, 2.24) is 0 Å². The lowest BCUT2D eigenvalue weighted by Crippen LogP contribution is -1.78. The van der Waals surface area contributed by atoms with Crippen molar-refractivity contribution in [1.29, 1.82) is 0 Å². The number of carboxylic acids is 1. The zero-order valence-corrected chi connectivity index (χ0v) is 8.64. The molecule has 0 amide bonds.